The van der Waals surface area contributed by atoms with E-state index in [0.717, 1.165) is 0 Å². The minimum Gasteiger partial charge on any atom is -0.373 e. The van der Waals surface area contributed by atoms with Crippen LogP contribution in [0.4, 0.5) is 87.8 Å². The molecule has 1 nitrogen and oxygen atoms in total. The fraction of sp³-hybridized carbons (Fsp3) is 0.857. The molecule has 292 valence electrons. The fourth-order valence-electron chi connectivity index (χ4n) is 3.86. The molecule has 0 aliphatic rings. The Labute approximate surface area is 268 Å². The zero-order chi connectivity index (χ0) is 39.3. The topological polar surface area (TPSA) is 9.23 Å². The van der Waals surface area contributed by atoms with Crippen molar-refractivity contribution in [3.63, 3.8) is 0 Å². The van der Waals surface area contributed by atoms with E-state index in [9.17, 15) is 87.8 Å². The standard InChI is InChI=1S/C28H34F20O/c1-17(2)9-5-11-19(29,30)23(37,38)27(45,46)25(41,42)21(33,34)13-7-15-49-16-8-14-22(35,36)26(43,44)28(47,48)24(39,40)20(31,32)12-6-10-18(3)4/h7-8,13-14,17-18H,5-6,9-12,15-16H2,1-4H3. The highest BCUT2D eigenvalue weighted by Crippen LogP contribution is 2.59. The van der Waals surface area contributed by atoms with Crippen LogP contribution in [-0.2, 0) is 4.74 Å². The lowest BCUT2D eigenvalue weighted by Crippen LogP contribution is -2.66. The molecule has 0 atom stereocenters. The van der Waals surface area contributed by atoms with Gasteiger partial charge in [0.05, 0.1) is 13.2 Å². The van der Waals surface area contributed by atoms with E-state index in [2.05, 4.69) is 4.74 Å². The van der Waals surface area contributed by atoms with Crippen LogP contribution in [0.15, 0.2) is 24.3 Å². The molecule has 49 heavy (non-hydrogen) atoms. The molecule has 0 N–H and O–H groups in total. The van der Waals surface area contributed by atoms with E-state index in [1.54, 1.807) is 0 Å². The van der Waals surface area contributed by atoms with E-state index in [1.807, 2.05) is 0 Å². The molecule has 0 radical (unpaired) electrons. The van der Waals surface area contributed by atoms with Crippen molar-refractivity contribution in [2.24, 2.45) is 11.8 Å². The van der Waals surface area contributed by atoms with Gasteiger partial charge in [-0.05, 0) is 36.8 Å². The molecule has 0 amide bonds. The summed E-state index contributed by atoms with van der Waals surface area (Å²) < 4.78 is 282. The smallest absolute Gasteiger partial charge is 0.373 e. The maximum absolute atomic E-state index is 13.9. The first-order valence-corrected chi connectivity index (χ1v) is 14.3. The van der Waals surface area contributed by atoms with Crippen molar-refractivity contribution in [3.8, 4) is 0 Å². The number of rotatable bonds is 22. The molecule has 0 heterocycles. The van der Waals surface area contributed by atoms with Gasteiger partial charge in [-0.15, -0.1) is 0 Å². The predicted octanol–water partition coefficient (Wildman–Crippen LogP) is 12.1. The number of hydrogen-bond acceptors (Lipinski definition) is 1. The van der Waals surface area contributed by atoms with Gasteiger partial charge in [-0.3, -0.25) is 0 Å². The Morgan fingerprint density at radius 2 is 0.673 bits per heavy atom. The molecule has 0 aromatic carbocycles. The summed E-state index contributed by atoms with van der Waals surface area (Å²) in [6.07, 6.45) is -9.60. The summed E-state index contributed by atoms with van der Waals surface area (Å²) in [6, 6.07) is 0. The Kier molecular flexibility index (Phi) is 15.1. The molecular weight excluding hydrogens is 732 g/mol. The lowest BCUT2D eigenvalue weighted by Gasteiger charge is -2.39. The van der Waals surface area contributed by atoms with Gasteiger partial charge in [0.15, 0.2) is 0 Å². The van der Waals surface area contributed by atoms with Crippen LogP contribution >= 0.6 is 0 Å². The number of allylic oxidation sites excluding steroid dienone is 2. The molecule has 0 aliphatic heterocycles. The third kappa shape index (κ3) is 9.68. The third-order valence-electron chi connectivity index (χ3n) is 6.96. The van der Waals surface area contributed by atoms with Crippen molar-refractivity contribution < 1.29 is 92.5 Å². The SMILES string of the molecule is CC(C)CCCC(F)(F)C(F)(F)C(F)(F)C(F)(F)C(F)(F)C=CCOCC=CC(F)(F)C(F)(F)C(F)(F)C(F)(F)C(F)(F)CCCC(C)C. The summed E-state index contributed by atoms with van der Waals surface area (Å²) in [5.74, 6) is -68.5. The number of ether oxygens (including phenoxy) is 1. The lowest BCUT2D eigenvalue weighted by molar-refractivity contribution is -0.395. The lowest BCUT2D eigenvalue weighted by atomic mass is 9.91. The third-order valence-corrected chi connectivity index (χ3v) is 6.96. The zero-order valence-electron chi connectivity index (χ0n) is 26.1. The van der Waals surface area contributed by atoms with Crippen molar-refractivity contribution in [1.29, 1.82) is 0 Å². The van der Waals surface area contributed by atoms with Gasteiger partial charge in [0.1, 0.15) is 0 Å². The van der Waals surface area contributed by atoms with Gasteiger partial charge in [0.2, 0.25) is 0 Å². The van der Waals surface area contributed by atoms with Crippen LogP contribution < -0.4 is 0 Å². The molecular formula is C28H34F20O. The maximum atomic E-state index is 13.9. The van der Waals surface area contributed by atoms with Crippen LogP contribution in [0, 0.1) is 11.8 Å². The molecule has 0 spiro atoms. The molecule has 0 aromatic rings. The van der Waals surface area contributed by atoms with Crippen LogP contribution in [0.3, 0.4) is 0 Å². The number of halogens is 20. The maximum Gasteiger partial charge on any atom is 0.384 e. The van der Waals surface area contributed by atoms with E-state index in [1.165, 1.54) is 27.7 Å². The molecule has 21 heteroatoms. The minimum atomic E-state index is -7.38. The van der Waals surface area contributed by atoms with Crippen molar-refractivity contribution in [3.05, 3.63) is 24.3 Å². The molecule has 0 bridgehead atoms. The molecule has 0 aromatic heterocycles. The Morgan fingerprint density at radius 1 is 0.408 bits per heavy atom. The largest absolute Gasteiger partial charge is 0.384 e. The van der Waals surface area contributed by atoms with Crippen LogP contribution in [0.25, 0.3) is 0 Å². The van der Waals surface area contributed by atoms with Gasteiger partial charge in [0.25, 0.3) is 0 Å². The van der Waals surface area contributed by atoms with Crippen molar-refractivity contribution in [2.75, 3.05) is 13.2 Å². The van der Waals surface area contributed by atoms with Gasteiger partial charge in [-0.25, -0.2) is 0 Å². The quantitative estimate of drug-likeness (QED) is 0.0606. The number of alkyl halides is 20. The summed E-state index contributed by atoms with van der Waals surface area (Å²) in [6.45, 7) is 2.54. The first-order valence-electron chi connectivity index (χ1n) is 14.3. The first kappa shape index (κ1) is 47.0. The molecule has 0 saturated carbocycles. The molecule has 0 rings (SSSR count). The Balaban J connectivity index is 5.68. The number of hydrogen-bond donors (Lipinski definition) is 0. The van der Waals surface area contributed by atoms with Crippen molar-refractivity contribution >= 4 is 0 Å². The highest BCUT2D eigenvalue weighted by atomic mass is 19.4. The predicted molar refractivity (Wildman–Crippen MR) is 136 cm³/mol. The molecule has 0 unspecified atom stereocenters. The summed E-state index contributed by atoms with van der Waals surface area (Å²) in [4.78, 5) is 0. The average molecular weight is 767 g/mol. The van der Waals surface area contributed by atoms with E-state index in [4.69, 9.17) is 0 Å². The van der Waals surface area contributed by atoms with Gasteiger partial charge < -0.3 is 4.74 Å². The van der Waals surface area contributed by atoms with Crippen molar-refractivity contribution in [2.45, 2.75) is 125 Å². The Morgan fingerprint density at radius 3 is 0.918 bits per heavy atom. The first-order chi connectivity index (χ1) is 21.5. The van der Waals surface area contributed by atoms with E-state index >= 15 is 0 Å². The molecule has 0 aliphatic carbocycles. The fourth-order valence-corrected chi connectivity index (χ4v) is 3.86. The van der Waals surface area contributed by atoms with Crippen molar-refractivity contribution in [1.82, 2.24) is 0 Å². The van der Waals surface area contributed by atoms with Gasteiger partial charge in [-0.2, -0.15) is 87.8 Å². The van der Waals surface area contributed by atoms with Crippen LogP contribution in [0.2, 0.25) is 0 Å². The monoisotopic (exact) mass is 766 g/mol. The van der Waals surface area contributed by atoms with E-state index in [0.29, 0.717) is 0 Å². The second kappa shape index (κ2) is 15.7. The van der Waals surface area contributed by atoms with E-state index in [-0.39, 0.29) is 25.0 Å². The van der Waals surface area contributed by atoms with Crippen LogP contribution in [0.5, 0.6) is 0 Å². The van der Waals surface area contributed by atoms with Gasteiger partial charge in [0, 0.05) is 12.8 Å². The second-order valence-corrected chi connectivity index (χ2v) is 12.0. The minimum absolute atomic E-state index is 0.248. The second-order valence-electron chi connectivity index (χ2n) is 12.0. The summed E-state index contributed by atoms with van der Waals surface area (Å²) in [5.41, 5.74) is 0. The normalized spacial score (nSPS) is 15.9. The molecule has 0 fully saturated rings. The summed E-state index contributed by atoms with van der Waals surface area (Å²) in [5, 5.41) is 0. The van der Waals surface area contributed by atoms with Gasteiger partial charge >= 0.3 is 59.2 Å². The zero-order valence-corrected chi connectivity index (χ0v) is 26.1. The Hall–Kier alpha value is -1.96. The molecule has 0 saturated heterocycles. The van der Waals surface area contributed by atoms with Crippen LogP contribution in [0.1, 0.15) is 66.2 Å². The van der Waals surface area contributed by atoms with Gasteiger partial charge in [-0.1, -0.05) is 52.7 Å². The van der Waals surface area contributed by atoms with Crippen LogP contribution in [-0.4, -0.2) is 72.4 Å². The highest BCUT2D eigenvalue weighted by molar-refractivity contribution is 5.15. The summed E-state index contributed by atoms with van der Waals surface area (Å²) in [7, 11) is 0. The van der Waals surface area contributed by atoms with E-state index < -0.39 is 122 Å². The summed E-state index contributed by atoms with van der Waals surface area (Å²) >= 11 is 0. The Bertz CT molecular complexity index is 1010. The highest BCUT2D eigenvalue weighted by Gasteiger charge is 2.86. The average Bonchev–Trinajstić information content (AvgIpc) is 2.90.